The maximum atomic E-state index is 10.9. The van der Waals surface area contributed by atoms with E-state index in [-0.39, 0.29) is 5.92 Å². The molecular weight excluding hydrogens is 228 g/mol. The van der Waals surface area contributed by atoms with Crippen LogP contribution in [-0.4, -0.2) is 34.0 Å². The van der Waals surface area contributed by atoms with Crippen molar-refractivity contribution in [1.82, 2.24) is 9.88 Å². The molecular formula is C14H20N2O2. The molecule has 0 bridgehead atoms. The molecule has 1 aromatic heterocycles. The number of carboxylic acids is 1. The minimum Gasteiger partial charge on any atom is -0.481 e. The zero-order valence-electron chi connectivity index (χ0n) is 10.7. The van der Waals surface area contributed by atoms with Crippen LogP contribution in [0.25, 0.3) is 0 Å². The molecule has 1 aliphatic heterocycles. The Morgan fingerprint density at radius 1 is 1.50 bits per heavy atom. The zero-order chi connectivity index (χ0) is 13.0. The average Bonchev–Trinajstić information content (AvgIpc) is 2.41. The predicted octanol–water partition coefficient (Wildman–Crippen LogP) is 2.33. The summed E-state index contributed by atoms with van der Waals surface area (Å²) in [6.45, 7) is 3.86. The number of carbonyl (C=O) groups is 1. The van der Waals surface area contributed by atoms with Gasteiger partial charge in [0.1, 0.15) is 0 Å². The number of aromatic nitrogens is 1. The maximum Gasteiger partial charge on any atom is 0.306 e. The first-order chi connectivity index (χ1) is 8.72. The van der Waals surface area contributed by atoms with Crippen molar-refractivity contribution in [3.63, 3.8) is 0 Å². The lowest BCUT2D eigenvalue weighted by Gasteiger charge is -2.35. The summed E-state index contributed by atoms with van der Waals surface area (Å²) in [7, 11) is 0. The summed E-state index contributed by atoms with van der Waals surface area (Å²) in [5, 5.41) is 9.01. The molecule has 1 aliphatic rings. The van der Waals surface area contributed by atoms with Crippen molar-refractivity contribution >= 4 is 5.97 Å². The lowest BCUT2D eigenvalue weighted by Crippen LogP contribution is -2.38. The molecule has 1 saturated heterocycles. The highest BCUT2D eigenvalue weighted by Gasteiger charge is 2.28. The highest BCUT2D eigenvalue weighted by molar-refractivity contribution is 5.70. The van der Waals surface area contributed by atoms with E-state index in [0.29, 0.717) is 6.04 Å². The van der Waals surface area contributed by atoms with Crippen LogP contribution in [-0.2, 0) is 4.79 Å². The lowest BCUT2D eigenvalue weighted by atomic mass is 9.95. The second-order valence-electron chi connectivity index (χ2n) is 4.83. The standard InChI is InChI=1S/C14H20N2O2/c1-2-13(12-5-3-4-8-15-12)16-9-6-11(7-10-16)14(17)18/h3-5,8,11,13H,2,6-7,9-10H2,1H3,(H,17,18). The van der Waals surface area contributed by atoms with Gasteiger partial charge < -0.3 is 5.11 Å². The molecule has 1 atom stereocenters. The van der Waals surface area contributed by atoms with Gasteiger partial charge in [0, 0.05) is 6.20 Å². The fourth-order valence-electron chi connectivity index (χ4n) is 2.69. The van der Waals surface area contributed by atoms with Gasteiger partial charge in [0.25, 0.3) is 0 Å². The van der Waals surface area contributed by atoms with Gasteiger partial charge in [-0.05, 0) is 44.5 Å². The van der Waals surface area contributed by atoms with E-state index in [4.69, 9.17) is 5.11 Å². The van der Waals surface area contributed by atoms with Crippen LogP contribution in [0.15, 0.2) is 24.4 Å². The van der Waals surface area contributed by atoms with E-state index in [9.17, 15) is 4.79 Å². The summed E-state index contributed by atoms with van der Waals surface area (Å²) >= 11 is 0. The number of aliphatic carboxylic acids is 1. The van der Waals surface area contributed by atoms with Crippen molar-refractivity contribution < 1.29 is 9.90 Å². The van der Waals surface area contributed by atoms with Gasteiger partial charge >= 0.3 is 5.97 Å². The molecule has 98 valence electrons. The largest absolute Gasteiger partial charge is 0.481 e. The van der Waals surface area contributed by atoms with Crippen molar-refractivity contribution in [3.8, 4) is 0 Å². The normalized spacial score (nSPS) is 19.6. The van der Waals surface area contributed by atoms with Gasteiger partial charge in [-0.3, -0.25) is 14.7 Å². The lowest BCUT2D eigenvalue weighted by molar-refractivity contribution is -0.143. The predicted molar refractivity (Wildman–Crippen MR) is 69.2 cm³/mol. The molecule has 0 aromatic carbocycles. The summed E-state index contributed by atoms with van der Waals surface area (Å²) in [5.74, 6) is -0.817. The molecule has 0 aliphatic carbocycles. The van der Waals surface area contributed by atoms with Gasteiger partial charge in [0.15, 0.2) is 0 Å². The molecule has 18 heavy (non-hydrogen) atoms. The molecule has 1 N–H and O–H groups in total. The molecule has 0 amide bonds. The van der Waals surface area contributed by atoms with Gasteiger partial charge in [0.2, 0.25) is 0 Å². The monoisotopic (exact) mass is 248 g/mol. The van der Waals surface area contributed by atoms with Gasteiger partial charge in [-0.2, -0.15) is 0 Å². The van der Waals surface area contributed by atoms with Crippen LogP contribution in [0.5, 0.6) is 0 Å². The van der Waals surface area contributed by atoms with E-state index in [2.05, 4.69) is 22.9 Å². The highest BCUT2D eigenvalue weighted by atomic mass is 16.4. The Morgan fingerprint density at radius 3 is 2.72 bits per heavy atom. The molecule has 1 aromatic rings. The number of piperidine rings is 1. The first-order valence-corrected chi connectivity index (χ1v) is 6.60. The van der Waals surface area contributed by atoms with Crippen LogP contribution in [0.2, 0.25) is 0 Å². The van der Waals surface area contributed by atoms with Crippen molar-refractivity contribution in [1.29, 1.82) is 0 Å². The maximum absolute atomic E-state index is 10.9. The average molecular weight is 248 g/mol. The molecule has 0 radical (unpaired) electrons. The fourth-order valence-corrected chi connectivity index (χ4v) is 2.69. The SMILES string of the molecule is CCC(c1ccccn1)N1CCC(C(=O)O)CC1. The molecule has 0 spiro atoms. The number of rotatable bonds is 4. The van der Waals surface area contributed by atoms with Crippen molar-refractivity contribution in [2.45, 2.75) is 32.2 Å². The Hall–Kier alpha value is -1.42. The van der Waals surface area contributed by atoms with E-state index in [1.807, 2.05) is 18.3 Å². The Balaban J connectivity index is 2.01. The third kappa shape index (κ3) is 2.88. The summed E-state index contributed by atoms with van der Waals surface area (Å²) < 4.78 is 0. The first kappa shape index (κ1) is 13.0. The zero-order valence-corrected chi connectivity index (χ0v) is 10.7. The fraction of sp³-hybridized carbons (Fsp3) is 0.571. The Bertz CT molecular complexity index is 386. The number of hydrogen-bond acceptors (Lipinski definition) is 3. The van der Waals surface area contributed by atoms with E-state index >= 15 is 0 Å². The van der Waals surface area contributed by atoms with E-state index < -0.39 is 5.97 Å². The Labute approximate surface area is 108 Å². The molecule has 4 nitrogen and oxygen atoms in total. The number of carboxylic acid groups (broad SMARTS) is 1. The number of hydrogen-bond donors (Lipinski definition) is 1. The van der Waals surface area contributed by atoms with Gasteiger partial charge in [-0.15, -0.1) is 0 Å². The van der Waals surface area contributed by atoms with E-state index in [0.717, 1.165) is 38.0 Å². The van der Waals surface area contributed by atoms with Crippen LogP contribution in [0.4, 0.5) is 0 Å². The number of nitrogens with zero attached hydrogens (tertiary/aromatic N) is 2. The topological polar surface area (TPSA) is 53.4 Å². The highest BCUT2D eigenvalue weighted by Crippen LogP contribution is 2.28. The quantitative estimate of drug-likeness (QED) is 0.888. The van der Waals surface area contributed by atoms with Crippen molar-refractivity contribution in [2.24, 2.45) is 5.92 Å². The third-order valence-electron chi connectivity index (χ3n) is 3.74. The number of pyridine rings is 1. The minimum absolute atomic E-state index is 0.164. The van der Waals surface area contributed by atoms with Crippen LogP contribution in [0.1, 0.15) is 37.9 Å². The summed E-state index contributed by atoms with van der Waals surface area (Å²) in [4.78, 5) is 17.7. The Morgan fingerprint density at radius 2 is 2.22 bits per heavy atom. The molecule has 0 saturated carbocycles. The molecule has 2 rings (SSSR count). The van der Waals surface area contributed by atoms with E-state index in [1.165, 1.54) is 0 Å². The molecule has 1 fully saturated rings. The summed E-state index contributed by atoms with van der Waals surface area (Å²) in [5.41, 5.74) is 1.09. The second kappa shape index (κ2) is 5.96. The second-order valence-corrected chi connectivity index (χ2v) is 4.83. The molecule has 4 heteroatoms. The van der Waals surface area contributed by atoms with Gasteiger partial charge in [-0.25, -0.2) is 0 Å². The van der Waals surface area contributed by atoms with E-state index in [1.54, 1.807) is 0 Å². The summed E-state index contributed by atoms with van der Waals surface area (Å²) in [6, 6.07) is 6.31. The number of likely N-dealkylation sites (tertiary alicyclic amines) is 1. The first-order valence-electron chi connectivity index (χ1n) is 6.60. The van der Waals surface area contributed by atoms with Gasteiger partial charge in [0.05, 0.1) is 17.7 Å². The molecule has 2 heterocycles. The summed E-state index contributed by atoms with van der Waals surface area (Å²) in [6.07, 6.45) is 4.33. The molecule has 1 unspecified atom stereocenters. The van der Waals surface area contributed by atoms with Crippen molar-refractivity contribution in [3.05, 3.63) is 30.1 Å². The smallest absolute Gasteiger partial charge is 0.306 e. The Kier molecular flexibility index (Phi) is 4.31. The minimum atomic E-state index is -0.652. The van der Waals surface area contributed by atoms with Crippen LogP contribution >= 0.6 is 0 Å². The van der Waals surface area contributed by atoms with Crippen molar-refractivity contribution in [2.75, 3.05) is 13.1 Å². The third-order valence-corrected chi connectivity index (χ3v) is 3.74. The van der Waals surface area contributed by atoms with Crippen LogP contribution in [0.3, 0.4) is 0 Å². The van der Waals surface area contributed by atoms with Crippen LogP contribution in [0, 0.1) is 5.92 Å². The van der Waals surface area contributed by atoms with Gasteiger partial charge in [-0.1, -0.05) is 13.0 Å². The van der Waals surface area contributed by atoms with Crippen LogP contribution < -0.4 is 0 Å².